The third kappa shape index (κ3) is 4.82. The number of hydrogen-bond acceptors (Lipinski definition) is 3. The van der Waals surface area contributed by atoms with Crippen molar-refractivity contribution in [3.63, 3.8) is 0 Å². The molecule has 0 saturated heterocycles. The molecule has 2 N–H and O–H groups in total. The maximum atomic E-state index is 11.7. The second-order valence-electron chi connectivity index (χ2n) is 3.89. The number of benzene rings is 1. The van der Waals surface area contributed by atoms with Crippen molar-refractivity contribution in [2.45, 2.75) is 6.54 Å². The zero-order valence-electron chi connectivity index (χ0n) is 10.8. The summed E-state index contributed by atoms with van der Waals surface area (Å²) in [6.45, 7) is 0.966. The predicted octanol–water partition coefficient (Wildman–Crippen LogP) is 1.32. The van der Waals surface area contributed by atoms with Gasteiger partial charge in [-0.15, -0.1) is 0 Å². The minimum Gasteiger partial charge on any atom is -0.341 e. The zero-order chi connectivity index (χ0) is 13.4. The van der Waals surface area contributed by atoms with Gasteiger partial charge in [0.15, 0.2) is 0 Å². The number of amides is 1. The molecule has 1 aromatic rings. The van der Waals surface area contributed by atoms with Crippen LogP contribution < -0.4 is 5.73 Å². The van der Waals surface area contributed by atoms with E-state index in [1.807, 2.05) is 37.6 Å². The van der Waals surface area contributed by atoms with Crippen LogP contribution in [0.3, 0.4) is 0 Å². The van der Waals surface area contributed by atoms with Gasteiger partial charge in [0.1, 0.15) is 0 Å². The molecule has 0 bridgehead atoms. The smallest absolute Gasteiger partial charge is 0.232 e. The number of nitrogens with zero attached hydrogens (tertiary/aromatic N) is 1. The Labute approximate surface area is 113 Å². The van der Waals surface area contributed by atoms with Crippen LogP contribution in [0.15, 0.2) is 24.3 Å². The van der Waals surface area contributed by atoms with Gasteiger partial charge in [0.25, 0.3) is 0 Å². The van der Waals surface area contributed by atoms with Gasteiger partial charge in [-0.3, -0.25) is 4.79 Å². The SMILES string of the molecule is CSCC(=O)N(C)Cc1cccc(C#CCN)c1. The molecule has 4 heteroatoms. The summed E-state index contributed by atoms with van der Waals surface area (Å²) in [6.07, 6.45) is 1.93. The van der Waals surface area contributed by atoms with Gasteiger partial charge in [0.05, 0.1) is 12.3 Å². The maximum Gasteiger partial charge on any atom is 0.232 e. The summed E-state index contributed by atoms with van der Waals surface area (Å²) in [7, 11) is 1.82. The molecule has 1 rings (SSSR count). The molecule has 1 amide bonds. The van der Waals surface area contributed by atoms with Crippen molar-refractivity contribution in [1.82, 2.24) is 4.90 Å². The number of carbonyl (C=O) groups excluding carboxylic acids is 1. The lowest BCUT2D eigenvalue weighted by Gasteiger charge is -2.16. The van der Waals surface area contributed by atoms with Gasteiger partial charge in [0, 0.05) is 19.2 Å². The Bertz CT molecular complexity index is 462. The molecule has 0 aliphatic carbocycles. The van der Waals surface area contributed by atoms with Crippen LogP contribution in [0, 0.1) is 11.8 Å². The van der Waals surface area contributed by atoms with E-state index in [1.54, 1.807) is 4.90 Å². The Morgan fingerprint density at radius 3 is 2.94 bits per heavy atom. The molecule has 0 radical (unpaired) electrons. The molecule has 0 fully saturated rings. The molecule has 18 heavy (non-hydrogen) atoms. The summed E-state index contributed by atoms with van der Waals surface area (Å²) in [5.74, 6) is 6.47. The highest BCUT2D eigenvalue weighted by atomic mass is 32.2. The Kier molecular flexibility index (Phi) is 6.34. The fraction of sp³-hybridized carbons (Fsp3) is 0.357. The number of nitrogens with two attached hydrogens (primary N) is 1. The maximum absolute atomic E-state index is 11.7. The van der Waals surface area contributed by atoms with Crippen molar-refractivity contribution in [3.05, 3.63) is 35.4 Å². The summed E-state index contributed by atoms with van der Waals surface area (Å²) in [5, 5.41) is 0. The van der Waals surface area contributed by atoms with Crippen molar-refractivity contribution in [2.75, 3.05) is 25.6 Å². The van der Waals surface area contributed by atoms with E-state index in [0.29, 0.717) is 18.8 Å². The van der Waals surface area contributed by atoms with Gasteiger partial charge in [0.2, 0.25) is 5.91 Å². The first-order chi connectivity index (χ1) is 8.67. The normalized spacial score (nSPS) is 9.50. The number of carbonyl (C=O) groups is 1. The fourth-order valence-corrected chi connectivity index (χ4v) is 1.96. The monoisotopic (exact) mass is 262 g/mol. The van der Waals surface area contributed by atoms with E-state index in [9.17, 15) is 4.79 Å². The first-order valence-corrected chi connectivity index (χ1v) is 7.07. The molecule has 0 aliphatic heterocycles. The first kappa shape index (κ1) is 14.6. The highest BCUT2D eigenvalue weighted by Gasteiger charge is 2.08. The van der Waals surface area contributed by atoms with Gasteiger partial charge in [-0.25, -0.2) is 0 Å². The van der Waals surface area contributed by atoms with Gasteiger partial charge in [-0.1, -0.05) is 24.0 Å². The first-order valence-electron chi connectivity index (χ1n) is 5.68. The van der Waals surface area contributed by atoms with Gasteiger partial charge in [-0.2, -0.15) is 11.8 Å². The van der Waals surface area contributed by atoms with E-state index in [2.05, 4.69) is 11.8 Å². The van der Waals surface area contributed by atoms with Crippen LogP contribution >= 0.6 is 11.8 Å². The number of rotatable bonds is 4. The van der Waals surface area contributed by atoms with Crippen LogP contribution in [0.1, 0.15) is 11.1 Å². The summed E-state index contributed by atoms with van der Waals surface area (Å²) in [5.41, 5.74) is 7.35. The molecule has 0 aromatic heterocycles. The molecule has 0 aliphatic rings. The third-order valence-electron chi connectivity index (χ3n) is 2.38. The topological polar surface area (TPSA) is 46.3 Å². The zero-order valence-corrected chi connectivity index (χ0v) is 11.6. The molecular weight excluding hydrogens is 244 g/mol. The minimum atomic E-state index is 0.140. The lowest BCUT2D eigenvalue weighted by atomic mass is 10.1. The Hall–Kier alpha value is -1.44. The van der Waals surface area contributed by atoms with Gasteiger partial charge in [-0.05, 0) is 24.0 Å². The molecule has 1 aromatic carbocycles. The average Bonchev–Trinajstić information content (AvgIpc) is 2.37. The lowest BCUT2D eigenvalue weighted by molar-refractivity contribution is -0.127. The molecular formula is C14H18N2OS. The average molecular weight is 262 g/mol. The van der Waals surface area contributed by atoms with E-state index >= 15 is 0 Å². The van der Waals surface area contributed by atoms with Crippen molar-refractivity contribution < 1.29 is 4.79 Å². The van der Waals surface area contributed by atoms with Crippen molar-refractivity contribution in [2.24, 2.45) is 5.73 Å². The standard InChI is InChI=1S/C14H18N2OS/c1-16(14(17)11-18-2)10-13-6-3-5-12(9-13)7-4-8-15/h3,5-6,9H,8,10-11,15H2,1-2H3. The van der Waals surface area contributed by atoms with Crippen LogP contribution in [0.25, 0.3) is 0 Å². The largest absolute Gasteiger partial charge is 0.341 e. The lowest BCUT2D eigenvalue weighted by Crippen LogP contribution is -2.27. The van der Waals surface area contributed by atoms with E-state index in [-0.39, 0.29) is 5.91 Å². The molecule has 3 nitrogen and oxygen atoms in total. The molecule has 0 atom stereocenters. The summed E-state index contributed by atoms with van der Waals surface area (Å²) in [4.78, 5) is 13.4. The Morgan fingerprint density at radius 1 is 1.50 bits per heavy atom. The van der Waals surface area contributed by atoms with Gasteiger partial charge >= 0.3 is 0 Å². The van der Waals surface area contributed by atoms with Crippen LogP contribution in [0.5, 0.6) is 0 Å². The quantitative estimate of drug-likeness (QED) is 0.832. The predicted molar refractivity (Wildman–Crippen MR) is 77.2 cm³/mol. The molecule has 0 saturated carbocycles. The van der Waals surface area contributed by atoms with Crippen molar-refractivity contribution >= 4 is 17.7 Å². The van der Waals surface area contributed by atoms with Crippen LogP contribution in [0.4, 0.5) is 0 Å². The Morgan fingerprint density at radius 2 is 2.28 bits per heavy atom. The Balaban J connectivity index is 2.70. The van der Waals surface area contributed by atoms with Crippen LogP contribution in [-0.4, -0.2) is 36.4 Å². The number of thioether (sulfide) groups is 1. The second kappa shape index (κ2) is 7.80. The molecule has 96 valence electrons. The molecule has 0 spiro atoms. The van der Waals surface area contributed by atoms with E-state index < -0.39 is 0 Å². The van der Waals surface area contributed by atoms with Crippen LogP contribution in [-0.2, 0) is 11.3 Å². The van der Waals surface area contributed by atoms with E-state index in [4.69, 9.17) is 5.73 Å². The third-order valence-corrected chi connectivity index (χ3v) is 2.91. The summed E-state index contributed by atoms with van der Waals surface area (Å²) >= 11 is 1.54. The molecule has 0 heterocycles. The van der Waals surface area contributed by atoms with Crippen molar-refractivity contribution in [1.29, 1.82) is 0 Å². The van der Waals surface area contributed by atoms with Gasteiger partial charge < -0.3 is 10.6 Å². The highest BCUT2D eigenvalue weighted by molar-refractivity contribution is 7.99. The summed E-state index contributed by atoms with van der Waals surface area (Å²) < 4.78 is 0. The molecule has 0 unspecified atom stereocenters. The van der Waals surface area contributed by atoms with Crippen molar-refractivity contribution in [3.8, 4) is 11.8 Å². The fourth-order valence-electron chi connectivity index (χ4n) is 1.50. The van der Waals surface area contributed by atoms with E-state index in [1.165, 1.54) is 11.8 Å². The van der Waals surface area contributed by atoms with E-state index in [0.717, 1.165) is 11.1 Å². The van der Waals surface area contributed by atoms with Crippen LogP contribution in [0.2, 0.25) is 0 Å². The minimum absolute atomic E-state index is 0.140. The highest BCUT2D eigenvalue weighted by Crippen LogP contribution is 2.08. The number of hydrogen-bond donors (Lipinski definition) is 1. The summed E-state index contributed by atoms with van der Waals surface area (Å²) in [6, 6.07) is 7.88. The second-order valence-corrected chi connectivity index (χ2v) is 4.76.